The van der Waals surface area contributed by atoms with Gasteiger partial charge in [0.25, 0.3) is 5.56 Å². The summed E-state index contributed by atoms with van der Waals surface area (Å²) < 4.78 is 2.27. The second-order valence-electron chi connectivity index (χ2n) is 5.70. The molecule has 0 unspecified atom stereocenters. The van der Waals surface area contributed by atoms with Crippen molar-refractivity contribution in [1.29, 1.82) is 0 Å². The SMILES string of the molecule is O=c1c2ccccc2nc(-c2ccccc2)n1N=Cc1ccccc1Br. The Kier molecular flexibility index (Phi) is 4.46. The second kappa shape index (κ2) is 7.06. The molecule has 0 radical (unpaired) electrons. The van der Waals surface area contributed by atoms with Gasteiger partial charge in [-0.3, -0.25) is 4.79 Å². The Morgan fingerprint density at radius 1 is 0.885 bits per heavy atom. The Morgan fingerprint density at radius 2 is 1.58 bits per heavy atom. The molecule has 26 heavy (non-hydrogen) atoms. The topological polar surface area (TPSA) is 47.2 Å². The normalized spacial score (nSPS) is 11.3. The molecule has 4 nitrogen and oxygen atoms in total. The van der Waals surface area contributed by atoms with E-state index in [1.807, 2.05) is 72.8 Å². The Labute approximate surface area is 158 Å². The first-order valence-electron chi connectivity index (χ1n) is 8.10. The van der Waals surface area contributed by atoms with Gasteiger partial charge in [0.05, 0.1) is 17.1 Å². The van der Waals surface area contributed by atoms with E-state index in [1.54, 1.807) is 12.3 Å². The smallest absolute Gasteiger partial charge is 0.267 e. The summed E-state index contributed by atoms with van der Waals surface area (Å²) in [6, 6.07) is 24.6. The average molecular weight is 404 g/mol. The highest BCUT2D eigenvalue weighted by Crippen LogP contribution is 2.19. The summed E-state index contributed by atoms with van der Waals surface area (Å²) in [5.41, 5.74) is 2.17. The number of hydrogen-bond donors (Lipinski definition) is 0. The van der Waals surface area contributed by atoms with E-state index >= 15 is 0 Å². The van der Waals surface area contributed by atoms with Crippen LogP contribution in [0, 0.1) is 0 Å². The molecule has 0 saturated heterocycles. The van der Waals surface area contributed by atoms with Crippen molar-refractivity contribution in [3.05, 3.63) is 99.3 Å². The van der Waals surface area contributed by atoms with Crippen molar-refractivity contribution in [3.8, 4) is 11.4 Å². The van der Waals surface area contributed by atoms with Gasteiger partial charge >= 0.3 is 0 Å². The molecule has 0 saturated carbocycles. The molecule has 3 aromatic carbocycles. The largest absolute Gasteiger partial charge is 0.282 e. The van der Waals surface area contributed by atoms with Gasteiger partial charge in [0, 0.05) is 15.6 Å². The van der Waals surface area contributed by atoms with Crippen molar-refractivity contribution in [1.82, 2.24) is 9.66 Å². The first-order chi connectivity index (χ1) is 12.7. The fourth-order valence-electron chi connectivity index (χ4n) is 2.70. The van der Waals surface area contributed by atoms with Crippen LogP contribution in [0.15, 0.2) is 93.2 Å². The summed E-state index contributed by atoms with van der Waals surface area (Å²) in [5, 5.41) is 4.99. The minimum atomic E-state index is -0.197. The van der Waals surface area contributed by atoms with Crippen LogP contribution < -0.4 is 5.56 Å². The quantitative estimate of drug-likeness (QED) is 0.465. The fraction of sp³-hybridized carbons (Fsp3) is 0. The summed E-state index contributed by atoms with van der Waals surface area (Å²) >= 11 is 3.50. The summed E-state index contributed by atoms with van der Waals surface area (Å²) in [5.74, 6) is 0.512. The van der Waals surface area contributed by atoms with Crippen molar-refractivity contribution in [2.24, 2.45) is 5.10 Å². The molecule has 0 bridgehead atoms. The summed E-state index contributed by atoms with van der Waals surface area (Å²) in [4.78, 5) is 17.7. The monoisotopic (exact) mass is 403 g/mol. The lowest BCUT2D eigenvalue weighted by Crippen LogP contribution is -2.20. The molecular formula is C21H14BrN3O. The maximum absolute atomic E-state index is 13.0. The van der Waals surface area contributed by atoms with Crippen LogP contribution in [-0.2, 0) is 0 Å². The number of aromatic nitrogens is 2. The van der Waals surface area contributed by atoms with Gasteiger partial charge in [0.2, 0.25) is 0 Å². The van der Waals surface area contributed by atoms with Gasteiger partial charge < -0.3 is 0 Å². The van der Waals surface area contributed by atoms with Crippen molar-refractivity contribution in [2.45, 2.75) is 0 Å². The zero-order valence-corrected chi connectivity index (χ0v) is 15.3. The Balaban J connectivity index is 1.96. The van der Waals surface area contributed by atoms with Crippen molar-refractivity contribution in [2.75, 3.05) is 0 Å². The van der Waals surface area contributed by atoms with Gasteiger partial charge in [-0.25, -0.2) is 4.98 Å². The third-order valence-electron chi connectivity index (χ3n) is 4.00. The lowest BCUT2D eigenvalue weighted by molar-refractivity contribution is 0.829. The predicted octanol–water partition coefficient (Wildman–Crippen LogP) is 4.71. The van der Waals surface area contributed by atoms with Crippen LogP contribution in [0.25, 0.3) is 22.3 Å². The number of rotatable bonds is 3. The lowest BCUT2D eigenvalue weighted by atomic mass is 10.2. The number of hydrogen-bond acceptors (Lipinski definition) is 3. The molecule has 1 heterocycles. The van der Waals surface area contributed by atoms with Gasteiger partial charge in [-0.05, 0) is 18.2 Å². The van der Waals surface area contributed by atoms with E-state index in [0.29, 0.717) is 16.7 Å². The van der Waals surface area contributed by atoms with Crippen molar-refractivity contribution < 1.29 is 0 Å². The van der Waals surface area contributed by atoms with E-state index < -0.39 is 0 Å². The highest BCUT2D eigenvalue weighted by molar-refractivity contribution is 9.10. The fourth-order valence-corrected chi connectivity index (χ4v) is 3.09. The van der Waals surface area contributed by atoms with E-state index in [4.69, 9.17) is 0 Å². The predicted molar refractivity (Wildman–Crippen MR) is 109 cm³/mol. The molecule has 0 aliphatic heterocycles. The summed E-state index contributed by atoms with van der Waals surface area (Å²) in [6.07, 6.45) is 1.66. The van der Waals surface area contributed by atoms with Gasteiger partial charge in [-0.1, -0.05) is 76.6 Å². The van der Waals surface area contributed by atoms with Crippen LogP contribution in [0.5, 0.6) is 0 Å². The van der Waals surface area contributed by atoms with Crippen LogP contribution in [0.4, 0.5) is 0 Å². The van der Waals surface area contributed by atoms with Crippen LogP contribution in [0.1, 0.15) is 5.56 Å². The minimum Gasteiger partial charge on any atom is -0.267 e. The van der Waals surface area contributed by atoms with E-state index in [1.165, 1.54) is 4.68 Å². The number of benzene rings is 3. The highest BCUT2D eigenvalue weighted by atomic mass is 79.9. The molecule has 0 spiro atoms. The first kappa shape index (κ1) is 16.4. The standard InChI is InChI=1S/C21H14BrN3O/c22-18-12-6-4-10-16(18)14-23-25-20(15-8-2-1-3-9-15)24-19-13-7-5-11-17(19)21(25)26/h1-14H. The first-order valence-corrected chi connectivity index (χ1v) is 8.89. The summed E-state index contributed by atoms with van der Waals surface area (Å²) in [6.45, 7) is 0. The highest BCUT2D eigenvalue weighted by Gasteiger charge is 2.11. The van der Waals surface area contributed by atoms with E-state index in [9.17, 15) is 4.79 Å². The van der Waals surface area contributed by atoms with Gasteiger partial charge in [0.1, 0.15) is 0 Å². The zero-order valence-electron chi connectivity index (χ0n) is 13.7. The Morgan fingerprint density at radius 3 is 2.38 bits per heavy atom. The van der Waals surface area contributed by atoms with Gasteiger partial charge in [-0.15, -0.1) is 0 Å². The van der Waals surface area contributed by atoms with Crippen LogP contribution in [0.3, 0.4) is 0 Å². The zero-order chi connectivity index (χ0) is 17.9. The third-order valence-corrected chi connectivity index (χ3v) is 4.73. The third kappa shape index (κ3) is 3.09. The molecular weight excluding hydrogens is 390 g/mol. The van der Waals surface area contributed by atoms with Gasteiger partial charge in [-0.2, -0.15) is 9.78 Å². The summed E-state index contributed by atoms with van der Waals surface area (Å²) in [7, 11) is 0. The van der Waals surface area contributed by atoms with Gasteiger partial charge in [0.15, 0.2) is 5.82 Å². The van der Waals surface area contributed by atoms with Crippen LogP contribution in [0.2, 0.25) is 0 Å². The molecule has 0 atom stereocenters. The Bertz CT molecular complexity index is 1170. The van der Waals surface area contributed by atoms with E-state index in [-0.39, 0.29) is 5.56 Å². The lowest BCUT2D eigenvalue weighted by Gasteiger charge is -2.09. The van der Waals surface area contributed by atoms with Crippen LogP contribution in [-0.4, -0.2) is 15.9 Å². The van der Waals surface area contributed by atoms with E-state index in [0.717, 1.165) is 15.6 Å². The molecule has 5 heteroatoms. The molecule has 0 amide bonds. The minimum absolute atomic E-state index is 0.197. The Hall–Kier alpha value is -3.05. The molecule has 0 aliphatic rings. The maximum atomic E-state index is 13.0. The number of nitrogens with zero attached hydrogens (tertiary/aromatic N) is 3. The molecule has 0 fully saturated rings. The average Bonchev–Trinajstić information content (AvgIpc) is 2.69. The van der Waals surface area contributed by atoms with Crippen molar-refractivity contribution >= 4 is 33.0 Å². The molecule has 0 aliphatic carbocycles. The molecule has 4 rings (SSSR count). The maximum Gasteiger partial charge on any atom is 0.282 e. The second-order valence-corrected chi connectivity index (χ2v) is 6.56. The number of fused-ring (bicyclic) bond motifs is 1. The molecule has 1 aromatic heterocycles. The molecule has 4 aromatic rings. The van der Waals surface area contributed by atoms with Crippen LogP contribution >= 0.6 is 15.9 Å². The molecule has 126 valence electrons. The number of para-hydroxylation sites is 1. The van der Waals surface area contributed by atoms with E-state index in [2.05, 4.69) is 26.0 Å². The molecule has 0 N–H and O–H groups in total. The van der Waals surface area contributed by atoms with Crippen molar-refractivity contribution in [3.63, 3.8) is 0 Å². The number of halogens is 1.